The zero-order valence-corrected chi connectivity index (χ0v) is 22.1. The van der Waals surface area contributed by atoms with E-state index in [1.165, 1.54) is 33.6 Å². The Bertz CT molecular complexity index is 798. The van der Waals surface area contributed by atoms with Crippen molar-refractivity contribution in [3.8, 4) is 11.5 Å². The van der Waals surface area contributed by atoms with E-state index in [0.29, 0.717) is 22.5 Å². The van der Waals surface area contributed by atoms with Crippen molar-refractivity contribution in [2.45, 2.75) is 84.1 Å². The Morgan fingerprint density at radius 1 is 0.824 bits per heavy atom. The number of unbranched alkanes of at least 4 members (excludes halogenated alkanes) is 3. The molecule has 0 amide bonds. The number of ether oxygens (including phenoxy) is 6. The molecule has 0 unspecified atom stereocenters. The molecule has 34 heavy (non-hydrogen) atoms. The van der Waals surface area contributed by atoms with Crippen molar-refractivity contribution in [3.05, 3.63) is 24.3 Å². The lowest BCUT2D eigenvalue weighted by molar-refractivity contribution is -0.279. The smallest absolute Gasteiger partial charge is 0.303 e. The molecule has 190 valence electrons. The molecule has 1 heterocycles. The van der Waals surface area contributed by atoms with Crippen molar-refractivity contribution in [1.29, 1.82) is 0 Å². The summed E-state index contributed by atoms with van der Waals surface area (Å²) in [4.78, 5) is 35.3. The van der Waals surface area contributed by atoms with E-state index in [0.717, 1.165) is 12.8 Å². The summed E-state index contributed by atoms with van der Waals surface area (Å²) < 4.78 is 34.4. The summed E-state index contributed by atoms with van der Waals surface area (Å²) >= 11 is 2.07. The van der Waals surface area contributed by atoms with Gasteiger partial charge in [-0.05, 0) is 30.7 Å². The molecule has 1 aromatic carbocycles. The first-order valence-electron chi connectivity index (χ1n) is 11.4. The maximum absolute atomic E-state index is 11.8. The van der Waals surface area contributed by atoms with Crippen molar-refractivity contribution < 1.29 is 42.8 Å². The second-order valence-corrected chi connectivity index (χ2v) is 8.80. The summed E-state index contributed by atoms with van der Waals surface area (Å²) in [5.74, 6) is -0.664. The first kappa shape index (κ1) is 28.2. The number of halogens is 1. The van der Waals surface area contributed by atoms with Crippen LogP contribution in [0.25, 0.3) is 0 Å². The lowest BCUT2D eigenvalue weighted by Gasteiger charge is -2.43. The van der Waals surface area contributed by atoms with E-state index in [-0.39, 0.29) is 0 Å². The van der Waals surface area contributed by atoms with E-state index in [1.807, 2.05) is 0 Å². The molecule has 0 saturated carbocycles. The van der Waals surface area contributed by atoms with Gasteiger partial charge in [-0.15, -0.1) is 0 Å². The summed E-state index contributed by atoms with van der Waals surface area (Å²) in [5, 5.41) is 0. The van der Waals surface area contributed by atoms with Crippen LogP contribution < -0.4 is 9.47 Å². The third-order valence-electron chi connectivity index (χ3n) is 4.99. The summed E-state index contributed by atoms with van der Waals surface area (Å²) in [6, 6.07) is 6.99. The molecule has 0 bridgehead atoms. The molecule has 1 aromatic rings. The van der Waals surface area contributed by atoms with Crippen LogP contribution in [0.3, 0.4) is 0 Å². The van der Waals surface area contributed by atoms with Crippen molar-refractivity contribution >= 4 is 40.5 Å². The molecule has 0 radical (unpaired) electrons. The van der Waals surface area contributed by atoms with Crippen molar-refractivity contribution in [2.75, 3.05) is 11.0 Å². The normalized spacial score (nSPS) is 24.1. The fourth-order valence-corrected chi connectivity index (χ4v) is 4.25. The van der Waals surface area contributed by atoms with Crippen LogP contribution in [0.4, 0.5) is 0 Å². The van der Waals surface area contributed by atoms with E-state index in [9.17, 15) is 14.4 Å². The molecule has 0 aromatic heterocycles. The molecule has 5 atom stereocenters. The van der Waals surface area contributed by atoms with Gasteiger partial charge in [-0.2, -0.15) is 0 Å². The van der Waals surface area contributed by atoms with Crippen LogP contribution in [-0.2, 0) is 33.3 Å². The third-order valence-corrected chi connectivity index (χ3v) is 5.86. The molecule has 1 aliphatic rings. The fraction of sp³-hybridized carbons (Fsp3) is 0.625. The average Bonchev–Trinajstić information content (AvgIpc) is 2.77. The topological polar surface area (TPSA) is 107 Å². The molecular formula is C24H33IO9. The van der Waals surface area contributed by atoms with Gasteiger partial charge in [0, 0.05) is 25.2 Å². The Morgan fingerprint density at radius 3 is 1.94 bits per heavy atom. The minimum absolute atomic E-state index is 0.408. The average molecular weight is 592 g/mol. The predicted octanol–water partition coefficient (Wildman–Crippen LogP) is 3.98. The highest BCUT2D eigenvalue weighted by Gasteiger charge is 2.52. The Labute approximate surface area is 213 Å². The lowest BCUT2D eigenvalue weighted by Crippen LogP contribution is -2.63. The van der Waals surface area contributed by atoms with Gasteiger partial charge < -0.3 is 28.4 Å². The molecule has 1 fully saturated rings. The number of rotatable bonds is 12. The third kappa shape index (κ3) is 8.94. The first-order valence-corrected chi connectivity index (χ1v) is 12.9. The van der Waals surface area contributed by atoms with E-state index in [1.54, 1.807) is 24.3 Å². The zero-order chi connectivity index (χ0) is 25.1. The Hall–Kier alpha value is -2.08. The van der Waals surface area contributed by atoms with Crippen molar-refractivity contribution in [1.82, 2.24) is 0 Å². The molecule has 1 aliphatic heterocycles. The highest BCUT2D eigenvalue weighted by Crippen LogP contribution is 2.32. The van der Waals surface area contributed by atoms with Gasteiger partial charge in [-0.1, -0.05) is 48.8 Å². The molecule has 1 saturated heterocycles. The Morgan fingerprint density at radius 2 is 1.38 bits per heavy atom. The standard InChI is InChI=1S/C24H33IO9/c1-5-6-7-8-13-29-18-9-11-19(12-10-18)33-24-23(32-17(4)28)22(31-16(3)27)21(30-15(2)26)20(14-25)34-24/h9-12,20-24H,5-8,13-14H2,1-4H3/t20-,21+,22+,23+,24-/m1/s1. The van der Waals surface area contributed by atoms with E-state index in [2.05, 4.69) is 29.5 Å². The van der Waals surface area contributed by atoms with Crippen molar-refractivity contribution in [3.63, 3.8) is 0 Å². The highest BCUT2D eigenvalue weighted by atomic mass is 127. The SMILES string of the molecule is CCCCCCOc1ccc(O[C@@H]2O[C@H](CI)[C@H](OC(C)=O)[C@H](OC(C)=O)[C@@H]2OC(C)=O)cc1. The zero-order valence-electron chi connectivity index (χ0n) is 20.0. The molecule has 10 heteroatoms. The monoisotopic (exact) mass is 592 g/mol. The van der Waals surface area contributed by atoms with Crippen LogP contribution in [0.2, 0.25) is 0 Å². The van der Waals surface area contributed by atoms with Gasteiger partial charge in [-0.3, -0.25) is 14.4 Å². The maximum atomic E-state index is 11.8. The molecule has 2 rings (SSSR count). The van der Waals surface area contributed by atoms with Crippen LogP contribution in [0, 0.1) is 0 Å². The number of hydrogen-bond donors (Lipinski definition) is 0. The van der Waals surface area contributed by atoms with Gasteiger partial charge in [0.05, 0.1) is 6.61 Å². The maximum Gasteiger partial charge on any atom is 0.303 e. The second kappa shape index (κ2) is 14.3. The molecule has 0 aliphatic carbocycles. The van der Waals surface area contributed by atoms with Crippen LogP contribution >= 0.6 is 22.6 Å². The van der Waals surface area contributed by atoms with Crippen LogP contribution in [0.5, 0.6) is 11.5 Å². The Balaban J connectivity index is 2.18. The van der Waals surface area contributed by atoms with Gasteiger partial charge >= 0.3 is 17.9 Å². The largest absolute Gasteiger partial charge is 0.494 e. The number of hydrogen-bond acceptors (Lipinski definition) is 9. The van der Waals surface area contributed by atoms with E-state index < -0.39 is 48.6 Å². The second-order valence-electron chi connectivity index (χ2n) is 7.92. The summed E-state index contributed by atoms with van der Waals surface area (Å²) in [6.07, 6.45) is -0.500. The van der Waals surface area contributed by atoms with Gasteiger partial charge in [0.15, 0.2) is 12.2 Å². The quantitative estimate of drug-likeness (QED) is 0.117. The minimum Gasteiger partial charge on any atom is -0.494 e. The van der Waals surface area contributed by atoms with Crippen molar-refractivity contribution in [2.24, 2.45) is 0 Å². The van der Waals surface area contributed by atoms with Crippen LogP contribution in [0.15, 0.2) is 24.3 Å². The Kier molecular flexibility index (Phi) is 11.9. The molecule has 0 N–H and O–H groups in total. The van der Waals surface area contributed by atoms with Crippen LogP contribution in [0.1, 0.15) is 53.4 Å². The number of benzene rings is 1. The number of carbonyl (C=O) groups is 3. The summed E-state index contributed by atoms with van der Waals surface area (Å²) in [5.41, 5.74) is 0. The highest BCUT2D eigenvalue weighted by molar-refractivity contribution is 14.1. The first-order chi connectivity index (χ1) is 16.2. The predicted molar refractivity (Wildman–Crippen MR) is 131 cm³/mol. The van der Waals surface area contributed by atoms with Gasteiger partial charge in [0.1, 0.15) is 17.6 Å². The summed E-state index contributed by atoms with van der Waals surface area (Å²) in [7, 11) is 0. The molecular weight excluding hydrogens is 559 g/mol. The van der Waals surface area contributed by atoms with E-state index >= 15 is 0 Å². The van der Waals surface area contributed by atoms with E-state index in [4.69, 9.17) is 28.4 Å². The number of esters is 3. The van der Waals surface area contributed by atoms with Gasteiger partial charge in [0.2, 0.25) is 12.4 Å². The van der Waals surface area contributed by atoms with Gasteiger partial charge in [-0.25, -0.2) is 0 Å². The lowest BCUT2D eigenvalue weighted by atomic mass is 9.99. The number of alkyl halides is 1. The fourth-order valence-electron chi connectivity index (χ4n) is 3.54. The minimum atomic E-state index is -1.15. The molecule has 0 spiro atoms. The molecule has 9 nitrogen and oxygen atoms in total. The number of carbonyl (C=O) groups excluding carboxylic acids is 3. The van der Waals surface area contributed by atoms with Crippen LogP contribution in [-0.4, -0.2) is 59.6 Å². The van der Waals surface area contributed by atoms with Gasteiger partial charge in [0.25, 0.3) is 0 Å². The summed E-state index contributed by atoms with van der Waals surface area (Å²) in [6.45, 7) is 6.49.